The molecule has 12 nitrogen and oxygen atoms in total. The molecule has 0 spiro atoms. The first-order valence-corrected chi connectivity index (χ1v) is 8.69. The summed E-state index contributed by atoms with van der Waals surface area (Å²) in [5, 5.41) is 50.9. The van der Waals surface area contributed by atoms with Crippen LogP contribution >= 0.6 is 0 Å². The standard InChI is InChI=1S/2C6H15NO3.ClHO4.Ni/c2*8-4-1-7(2-5-9)3-6-10;2-1(3,4)5;/h2*8-10H,1-6H2;(H,2,3,4,5);/q;;;+2. The molecule has 0 aliphatic heterocycles. The third kappa shape index (κ3) is 39.4. The van der Waals surface area contributed by atoms with E-state index in [0.29, 0.717) is 39.3 Å². The van der Waals surface area contributed by atoms with E-state index in [9.17, 15) is 0 Å². The number of hydrogen-bond acceptors (Lipinski definition) is 12. The average Bonchev–Trinajstić information content (AvgIpc) is 2.48. The fourth-order valence-electron chi connectivity index (χ4n) is 1.52. The largest absolute Gasteiger partial charge is 2.00 e. The summed E-state index contributed by atoms with van der Waals surface area (Å²) in [5.74, 6) is 0. The van der Waals surface area contributed by atoms with Gasteiger partial charge in [0.1, 0.15) is 0 Å². The minimum absolute atomic E-state index is 0. The summed E-state index contributed by atoms with van der Waals surface area (Å²) >= 11 is 0. The second-order valence-corrected chi connectivity index (χ2v) is 5.21. The smallest absolute Gasteiger partial charge is 0.395 e. The molecule has 0 saturated carbocycles. The molecule has 26 heavy (non-hydrogen) atoms. The molecule has 0 fully saturated rings. The van der Waals surface area contributed by atoms with Crippen molar-refractivity contribution in [2.75, 3.05) is 78.9 Å². The molecular weight excluding hydrogens is 426 g/mol. The van der Waals surface area contributed by atoms with Crippen molar-refractivity contribution in [3.05, 3.63) is 0 Å². The number of rotatable bonds is 12. The molecule has 0 unspecified atom stereocenters. The van der Waals surface area contributed by atoms with Crippen molar-refractivity contribution in [2.45, 2.75) is 0 Å². The zero-order valence-electron chi connectivity index (χ0n) is 14.4. The molecule has 0 atom stereocenters. The van der Waals surface area contributed by atoms with E-state index in [0.717, 1.165) is 0 Å². The van der Waals surface area contributed by atoms with Crippen LogP contribution in [0.2, 0.25) is 0 Å². The van der Waals surface area contributed by atoms with Crippen LogP contribution in [0.1, 0.15) is 0 Å². The maximum atomic E-state index is 8.60. The monoisotopic (exact) mass is 456 g/mol. The maximum absolute atomic E-state index is 8.60. The number of hydrogen-bond donors (Lipinski definition) is 7. The van der Waals surface area contributed by atoms with Crippen LogP contribution in [0.4, 0.5) is 0 Å². The molecular formula is C12H31ClN2NiO10+2. The van der Waals surface area contributed by atoms with Crippen LogP contribution in [0, 0.1) is 10.2 Å². The average molecular weight is 458 g/mol. The van der Waals surface area contributed by atoms with Gasteiger partial charge in [-0.1, -0.05) is 0 Å². The Kier molecular flexibility index (Phi) is 32.9. The number of halogens is 1. The molecule has 0 aliphatic rings. The van der Waals surface area contributed by atoms with Crippen molar-refractivity contribution in [1.29, 1.82) is 0 Å². The molecule has 0 saturated heterocycles. The van der Waals surface area contributed by atoms with Crippen LogP contribution in [0.25, 0.3) is 0 Å². The van der Waals surface area contributed by atoms with Gasteiger partial charge in [0.05, 0.1) is 54.5 Å². The van der Waals surface area contributed by atoms with Gasteiger partial charge >= 0.3 is 16.5 Å². The van der Waals surface area contributed by atoms with Gasteiger partial charge in [-0.3, -0.25) is 9.80 Å². The first-order valence-electron chi connectivity index (χ1n) is 7.43. The van der Waals surface area contributed by atoms with Gasteiger partial charge in [0.25, 0.3) is 0 Å². The van der Waals surface area contributed by atoms with Crippen LogP contribution in [0.5, 0.6) is 0 Å². The topological polar surface area (TPSA) is 217 Å². The summed E-state index contributed by atoms with van der Waals surface area (Å²) < 4.78 is 32.7. The van der Waals surface area contributed by atoms with Gasteiger partial charge in [-0.2, -0.15) is 14.0 Å². The molecule has 164 valence electrons. The molecule has 0 bridgehead atoms. The van der Waals surface area contributed by atoms with Crippen molar-refractivity contribution in [3.8, 4) is 0 Å². The summed E-state index contributed by atoms with van der Waals surface area (Å²) in [5.41, 5.74) is 0. The van der Waals surface area contributed by atoms with Gasteiger partial charge in [-0.25, -0.2) is 0 Å². The van der Waals surface area contributed by atoms with E-state index in [1.807, 2.05) is 0 Å². The van der Waals surface area contributed by atoms with E-state index >= 15 is 0 Å². The Balaban J connectivity index is -0.000000145. The fourth-order valence-corrected chi connectivity index (χ4v) is 1.52. The SMILES string of the molecule is OCCN(CCO)CCO.OCCN(CCO)CCO.[Ni+2].[O-][Cl+3]([O-])([O-])O. The summed E-state index contributed by atoms with van der Waals surface area (Å²) in [6.07, 6.45) is 0. The molecule has 0 heterocycles. The summed E-state index contributed by atoms with van der Waals surface area (Å²) in [4.78, 5) is 3.58. The second kappa shape index (κ2) is 25.3. The Labute approximate surface area is 165 Å². The Morgan fingerprint density at radius 2 is 0.615 bits per heavy atom. The van der Waals surface area contributed by atoms with Crippen LogP contribution in [-0.4, -0.2) is 124 Å². The molecule has 0 aromatic heterocycles. The van der Waals surface area contributed by atoms with Gasteiger partial charge in [-0.05, 0) is 0 Å². The van der Waals surface area contributed by atoms with Crippen molar-refractivity contribution in [2.24, 2.45) is 0 Å². The minimum atomic E-state index is -4.69. The van der Waals surface area contributed by atoms with Gasteiger partial charge in [0.15, 0.2) is 0 Å². The van der Waals surface area contributed by atoms with E-state index in [1.54, 1.807) is 9.80 Å². The molecule has 0 aliphatic carbocycles. The van der Waals surface area contributed by atoms with Gasteiger partial charge < -0.3 is 30.6 Å². The number of aliphatic hydroxyl groups excluding tert-OH is 6. The summed E-state index contributed by atoms with van der Waals surface area (Å²) in [6, 6.07) is 0. The molecule has 0 aromatic carbocycles. The second-order valence-electron chi connectivity index (χ2n) is 4.42. The molecule has 0 aromatic rings. The van der Waals surface area contributed by atoms with Crippen LogP contribution in [0.3, 0.4) is 0 Å². The van der Waals surface area contributed by atoms with Crippen LogP contribution < -0.4 is 14.0 Å². The van der Waals surface area contributed by atoms with Crippen molar-refractivity contribution in [1.82, 2.24) is 9.80 Å². The number of nitrogens with zero attached hydrogens (tertiary/aromatic N) is 2. The van der Waals surface area contributed by atoms with Gasteiger partial charge in [0.2, 0.25) is 0 Å². The van der Waals surface area contributed by atoms with E-state index in [-0.39, 0.29) is 56.1 Å². The quantitative estimate of drug-likeness (QED) is 0.136. The first-order chi connectivity index (χ1) is 11.7. The maximum Gasteiger partial charge on any atom is 2.00 e. The minimum Gasteiger partial charge on any atom is -0.395 e. The normalized spacial score (nSPS) is 10.6. The predicted octanol–water partition coefficient (Wildman–Crippen LogP) is -7.60. The first kappa shape index (κ1) is 33.9. The van der Waals surface area contributed by atoms with Crippen molar-refractivity contribution < 1.29 is 76.0 Å². The summed E-state index contributed by atoms with van der Waals surface area (Å²) in [6.45, 7) is 3.51. The van der Waals surface area contributed by atoms with Crippen LogP contribution in [-0.2, 0) is 16.5 Å². The van der Waals surface area contributed by atoms with E-state index in [4.69, 9.17) is 49.3 Å². The zero-order valence-corrected chi connectivity index (χ0v) is 16.2. The Morgan fingerprint density at radius 3 is 0.692 bits per heavy atom. The van der Waals surface area contributed by atoms with Gasteiger partial charge in [0, 0.05) is 39.3 Å². The molecule has 0 amide bonds. The molecule has 0 radical (unpaired) electrons. The Hall–Kier alpha value is 0.304. The summed E-state index contributed by atoms with van der Waals surface area (Å²) in [7, 11) is -4.69. The third-order valence-corrected chi connectivity index (χ3v) is 2.50. The zero-order chi connectivity index (χ0) is 20.1. The van der Waals surface area contributed by atoms with E-state index < -0.39 is 10.2 Å². The van der Waals surface area contributed by atoms with Crippen molar-refractivity contribution >= 4 is 0 Å². The Morgan fingerprint density at radius 1 is 0.500 bits per heavy atom. The molecule has 14 heteroatoms. The number of aliphatic hydroxyl groups is 6. The predicted molar refractivity (Wildman–Crippen MR) is 77.6 cm³/mol. The Bertz CT molecular complexity index is 202. The van der Waals surface area contributed by atoms with E-state index in [1.165, 1.54) is 0 Å². The van der Waals surface area contributed by atoms with E-state index in [2.05, 4.69) is 0 Å². The fraction of sp³-hybridized carbons (Fsp3) is 1.00. The third-order valence-electron chi connectivity index (χ3n) is 2.50. The van der Waals surface area contributed by atoms with Gasteiger partial charge in [-0.15, -0.1) is 0 Å². The van der Waals surface area contributed by atoms with Crippen molar-refractivity contribution in [3.63, 3.8) is 0 Å². The van der Waals surface area contributed by atoms with Crippen LogP contribution in [0.15, 0.2) is 0 Å². The molecule has 0 rings (SSSR count). The molecule has 7 N–H and O–H groups in total.